The van der Waals surface area contributed by atoms with Gasteiger partial charge in [-0.05, 0) is 31.7 Å². The zero-order valence-electron chi connectivity index (χ0n) is 8.68. The maximum absolute atomic E-state index is 10.2. The summed E-state index contributed by atoms with van der Waals surface area (Å²) in [6, 6.07) is 0. The molecular weight excluding hydrogens is 166 g/mol. The van der Waals surface area contributed by atoms with E-state index in [1.165, 1.54) is 0 Å². The summed E-state index contributed by atoms with van der Waals surface area (Å²) in [6.07, 6.45) is 2.94. The lowest BCUT2D eigenvalue weighted by atomic mass is 9.81. The van der Waals surface area contributed by atoms with E-state index < -0.39 is 5.60 Å². The Morgan fingerprint density at radius 3 is 2.92 bits per heavy atom. The minimum absolute atomic E-state index is 0.320. The number of methoxy groups -OCH3 is 1. The van der Waals surface area contributed by atoms with Gasteiger partial charge in [-0.25, -0.2) is 0 Å². The zero-order chi connectivity index (χ0) is 9.73. The van der Waals surface area contributed by atoms with E-state index in [2.05, 4.69) is 12.2 Å². The Bertz CT molecular complexity index is 144. The van der Waals surface area contributed by atoms with Crippen molar-refractivity contribution in [2.24, 2.45) is 5.92 Å². The van der Waals surface area contributed by atoms with E-state index in [1.807, 2.05) is 0 Å². The van der Waals surface area contributed by atoms with Crippen LogP contribution in [0.25, 0.3) is 0 Å². The Kier molecular flexibility index (Phi) is 4.16. The van der Waals surface area contributed by atoms with Crippen LogP contribution in [-0.4, -0.2) is 37.5 Å². The van der Waals surface area contributed by atoms with Crippen LogP contribution in [0.1, 0.15) is 26.2 Å². The van der Waals surface area contributed by atoms with Crippen molar-refractivity contribution in [3.8, 4) is 0 Å². The average Bonchev–Trinajstić information content (AvgIpc) is 2.15. The van der Waals surface area contributed by atoms with Gasteiger partial charge in [0.05, 0.1) is 5.60 Å². The van der Waals surface area contributed by atoms with Gasteiger partial charge in [-0.1, -0.05) is 6.92 Å². The van der Waals surface area contributed by atoms with Crippen molar-refractivity contribution in [1.29, 1.82) is 0 Å². The normalized spacial score (nSPS) is 31.6. The lowest BCUT2D eigenvalue weighted by molar-refractivity contribution is -0.0402. The summed E-state index contributed by atoms with van der Waals surface area (Å²) < 4.78 is 5.02. The first-order chi connectivity index (χ1) is 6.19. The molecule has 0 spiro atoms. The molecule has 1 saturated heterocycles. The van der Waals surface area contributed by atoms with Gasteiger partial charge in [0.2, 0.25) is 0 Å². The number of rotatable bonds is 4. The first-order valence-corrected chi connectivity index (χ1v) is 5.11. The minimum Gasteiger partial charge on any atom is -0.388 e. The summed E-state index contributed by atoms with van der Waals surface area (Å²) in [6.45, 7) is 4.62. The molecule has 2 N–H and O–H groups in total. The van der Waals surface area contributed by atoms with Gasteiger partial charge in [-0.2, -0.15) is 0 Å². The molecule has 0 aromatic heterocycles. The smallest absolute Gasteiger partial charge is 0.0798 e. The minimum atomic E-state index is -0.503. The number of hydrogen-bond donors (Lipinski definition) is 2. The molecule has 3 heteroatoms. The third-order valence-corrected chi connectivity index (χ3v) is 3.07. The highest BCUT2D eigenvalue weighted by Crippen LogP contribution is 2.27. The van der Waals surface area contributed by atoms with Crippen molar-refractivity contribution < 1.29 is 9.84 Å². The summed E-state index contributed by atoms with van der Waals surface area (Å²) in [5.74, 6) is 0.320. The van der Waals surface area contributed by atoms with Gasteiger partial charge in [0.25, 0.3) is 0 Å². The number of piperidine rings is 1. The highest BCUT2D eigenvalue weighted by Gasteiger charge is 2.34. The van der Waals surface area contributed by atoms with Crippen LogP contribution in [0.15, 0.2) is 0 Å². The summed E-state index contributed by atoms with van der Waals surface area (Å²) in [5, 5.41) is 13.5. The fourth-order valence-electron chi connectivity index (χ4n) is 1.90. The largest absolute Gasteiger partial charge is 0.388 e. The molecule has 78 valence electrons. The maximum Gasteiger partial charge on any atom is 0.0798 e. The molecule has 0 amide bonds. The Labute approximate surface area is 80.5 Å². The second-order valence-corrected chi connectivity index (χ2v) is 4.07. The van der Waals surface area contributed by atoms with Crippen molar-refractivity contribution in [2.45, 2.75) is 31.8 Å². The van der Waals surface area contributed by atoms with Crippen LogP contribution in [0.3, 0.4) is 0 Å². The molecule has 0 bridgehead atoms. The summed E-state index contributed by atoms with van der Waals surface area (Å²) in [4.78, 5) is 0. The lowest BCUT2D eigenvalue weighted by Gasteiger charge is -2.37. The van der Waals surface area contributed by atoms with E-state index in [0.717, 1.165) is 39.0 Å². The van der Waals surface area contributed by atoms with E-state index in [9.17, 15) is 5.11 Å². The quantitative estimate of drug-likeness (QED) is 0.683. The van der Waals surface area contributed by atoms with E-state index >= 15 is 0 Å². The lowest BCUT2D eigenvalue weighted by Crippen LogP contribution is -2.50. The fraction of sp³-hybridized carbons (Fsp3) is 1.00. The average molecular weight is 187 g/mol. The molecule has 0 saturated carbocycles. The molecule has 1 aliphatic heterocycles. The van der Waals surface area contributed by atoms with Gasteiger partial charge in [0.1, 0.15) is 0 Å². The van der Waals surface area contributed by atoms with E-state index in [4.69, 9.17) is 4.74 Å². The first kappa shape index (κ1) is 11.0. The van der Waals surface area contributed by atoms with E-state index in [-0.39, 0.29) is 0 Å². The molecule has 0 aromatic rings. The van der Waals surface area contributed by atoms with Crippen molar-refractivity contribution >= 4 is 0 Å². The summed E-state index contributed by atoms with van der Waals surface area (Å²) >= 11 is 0. The topological polar surface area (TPSA) is 41.5 Å². The molecule has 1 rings (SSSR count). The van der Waals surface area contributed by atoms with Gasteiger partial charge >= 0.3 is 0 Å². The highest BCUT2D eigenvalue weighted by molar-refractivity contribution is 4.89. The van der Waals surface area contributed by atoms with Gasteiger partial charge in [-0.3, -0.25) is 0 Å². The van der Waals surface area contributed by atoms with Crippen molar-refractivity contribution in [2.75, 3.05) is 26.8 Å². The molecular formula is C10H21NO2. The van der Waals surface area contributed by atoms with Gasteiger partial charge < -0.3 is 15.2 Å². The molecule has 1 heterocycles. The Morgan fingerprint density at radius 1 is 1.62 bits per heavy atom. The number of hydrogen-bond acceptors (Lipinski definition) is 3. The SMILES string of the molecule is COCCC(C)C1(O)CCCNC1. The van der Waals surface area contributed by atoms with Gasteiger partial charge in [0.15, 0.2) is 0 Å². The summed E-state index contributed by atoms with van der Waals surface area (Å²) in [5.41, 5.74) is -0.503. The number of nitrogens with one attached hydrogen (secondary N) is 1. The predicted molar refractivity (Wildman–Crippen MR) is 52.7 cm³/mol. The Hall–Kier alpha value is -0.120. The van der Waals surface area contributed by atoms with Crippen LogP contribution in [0, 0.1) is 5.92 Å². The third kappa shape index (κ3) is 2.93. The molecule has 0 radical (unpaired) electrons. The van der Waals surface area contributed by atoms with E-state index in [1.54, 1.807) is 7.11 Å². The van der Waals surface area contributed by atoms with E-state index in [0.29, 0.717) is 5.92 Å². The molecule has 2 unspecified atom stereocenters. The Morgan fingerprint density at radius 2 is 2.38 bits per heavy atom. The Balaban J connectivity index is 2.37. The van der Waals surface area contributed by atoms with Crippen LogP contribution in [0.5, 0.6) is 0 Å². The molecule has 1 aliphatic rings. The molecule has 1 fully saturated rings. The fourth-order valence-corrected chi connectivity index (χ4v) is 1.90. The van der Waals surface area contributed by atoms with Gasteiger partial charge in [0, 0.05) is 20.3 Å². The van der Waals surface area contributed by atoms with Crippen LogP contribution >= 0.6 is 0 Å². The number of β-amino-alcohol motifs (C(OH)–C–C–N with tert-alkyl or cyclic N) is 1. The van der Waals surface area contributed by atoms with Crippen LogP contribution in [0.2, 0.25) is 0 Å². The first-order valence-electron chi connectivity index (χ1n) is 5.11. The maximum atomic E-state index is 10.2. The second-order valence-electron chi connectivity index (χ2n) is 4.07. The predicted octanol–water partition coefficient (Wildman–Crippen LogP) is 0.773. The third-order valence-electron chi connectivity index (χ3n) is 3.07. The number of aliphatic hydroxyl groups is 1. The molecule has 3 nitrogen and oxygen atoms in total. The second kappa shape index (κ2) is 4.94. The van der Waals surface area contributed by atoms with Gasteiger partial charge in [-0.15, -0.1) is 0 Å². The van der Waals surface area contributed by atoms with Crippen molar-refractivity contribution in [1.82, 2.24) is 5.32 Å². The highest BCUT2D eigenvalue weighted by atomic mass is 16.5. The molecule has 13 heavy (non-hydrogen) atoms. The van der Waals surface area contributed by atoms with Crippen molar-refractivity contribution in [3.05, 3.63) is 0 Å². The number of ether oxygens (including phenoxy) is 1. The van der Waals surface area contributed by atoms with Crippen LogP contribution < -0.4 is 5.32 Å². The van der Waals surface area contributed by atoms with Crippen LogP contribution in [-0.2, 0) is 4.74 Å². The molecule has 0 aliphatic carbocycles. The molecule has 0 aromatic carbocycles. The van der Waals surface area contributed by atoms with Crippen LogP contribution in [0.4, 0.5) is 0 Å². The summed E-state index contributed by atoms with van der Waals surface area (Å²) in [7, 11) is 1.70. The zero-order valence-corrected chi connectivity index (χ0v) is 8.68. The monoisotopic (exact) mass is 187 g/mol. The molecule has 2 atom stereocenters. The van der Waals surface area contributed by atoms with Crippen molar-refractivity contribution in [3.63, 3.8) is 0 Å². The standard InChI is InChI=1S/C10H21NO2/c1-9(4-7-13-2)10(12)5-3-6-11-8-10/h9,11-12H,3-8H2,1-2H3.